The quantitative estimate of drug-likeness (QED) is 0.525. The molecule has 1 aromatic heterocycles. The largest absolute Gasteiger partial charge is 0.471 e. The third-order valence-corrected chi connectivity index (χ3v) is 7.48. The van der Waals surface area contributed by atoms with Crippen molar-refractivity contribution in [3.05, 3.63) is 59.0 Å². The molecular formula is C27H34FN3O3. The van der Waals surface area contributed by atoms with Crippen molar-refractivity contribution in [2.75, 3.05) is 6.54 Å². The van der Waals surface area contributed by atoms with Gasteiger partial charge >= 0.3 is 0 Å². The molecule has 3 aliphatic rings. The highest BCUT2D eigenvalue weighted by Crippen LogP contribution is 2.48. The smallest absolute Gasteiger partial charge is 0.218 e. The lowest BCUT2D eigenvalue weighted by atomic mass is 9.73. The monoisotopic (exact) mass is 467 g/mol. The minimum atomic E-state index is -0.805. The normalized spacial score (nSPS) is 22.3. The van der Waals surface area contributed by atoms with Crippen LogP contribution in [-0.2, 0) is 17.6 Å². The van der Waals surface area contributed by atoms with Crippen LogP contribution in [0.5, 0.6) is 5.88 Å². The van der Waals surface area contributed by atoms with E-state index in [-0.39, 0.29) is 23.4 Å². The Kier molecular flexibility index (Phi) is 6.58. The van der Waals surface area contributed by atoms with E-state index in [1.807, 2.05) is 6.20 Å². The van der Waals surface area contributed by atoms with E-state index >= 15 is 0 Å². The topological polar surface area (TPSA) is 83.5 Å². The van der Waals surface area contributed by atoms with Crippen molar-refractivity contribution in [1.29, 1.82) is 0 Å². The number of aliphatic hydroxyl groups is 1. The molecule has 182 valence electrons. The van der Waals surface area contributed by atoms with E-state index in [4.69, 9.17) is 4.74 Å². The van der Waals surface area contributed by atoms with E-state index in [0.29, 0.717) is 18.8 Å². The van der Waals surface area contributed by atoms with Crippen LogP contribution >= 0.6 is 0 Å². The fourth-order valence-corrected chi connectivity index (χ4v) is 5.23. The molecule has 1 aromatic carbocycles. The van der Waals surface area contributed by atoms with Crippen LogP contribution in [0.2, 0.25) is 0 Å². The molecule has 3 N–H and O–H groups in total. The van der Waals surface area contributed by atoms with Gasteiger partial charge in [-0.05, 0) is 80.2 Å². The van der Waals surface area contributed by atoms with Gasteiger partial charge in [-0.2, -0.15) is 0 Å². The maximum Gasteiger partial charge on any atom is 0.218 e. The Morgan fingerprint density at radius 3 is 2.68 bits per heavy atom. The van der Waals surface area contributed by atoms with Crippen LogP contribution in [0.3, 0.4) is 0 Å². The molecule has 0 radical (unpaired) electrons. The minimum absolute atomic E-state index is 0.0363. The number of pyridine rings is 1. The zero-order chi connectivity index (χ0) is 23.7. The first-order valence-electron chi connectivity index (χ1n) is 12.5. The second kappa shape index (κ2) is 9.62. The van der Waals surface area contributed by atoms with Crippen LogP contribution in [0, 0.1) is 11.7 Å². The molecule has 3 atom stereocenters. The van der Waals surface area contributed by atoms with Gasteiger partial charge in [-0.25, -0.2) is 9.37 Å². The molecule has 1 aliphatic heterocycles. The number of rotatable bonds is 9. The number of hydrogen-bond donors (Lipinski definition) is 3. The molecule has 34 heavy (non-hydrogen) atoms. The summed E-state index contributed by atoms with van der Waals surface area (Å²) in [4.78, 5) is 16.5. The molecular weight excluding hydrogens is 433 g/mol. The number of aromatic nitrogens is 1. The number of halogens is 1. The fraction of sp³-hybridized carbons (Fsp3) is 0.556. The molecule has 2 heterocycles. The van der Waals surface area contributed by atoms with Gasteiger partial charge in [0.05, 0.1) is 12.1 Å². The van der Waals surface area contributed by atoms with Crippen molar-refractivity contribution in [1.82, 2.24) is 15.6 Å². The second-order valence-corrected chi connectivity index (χ2v) is 10.4. The van der Waals surface area contributed by atoms with Gasteiger partial charge in [0.25, 0.3) is 0 Å². The SMILES string of the molecule is CC(=O)N[C@@H](Cc1ccc(F)cc1)[C@H](O)CN[C@H]1CC2(CCC2)Oc2ncc(CC3CC3)cc21. The summed E-state index contributed by atoms with van der Waals surface area (Å²) in [6.07, 6.45) is 9.28. The highest BCUT2D eigenvalue weighted by atomic mass is 19.1. The first kappa shape index (κ1) is 23.2. The number of carbonyl (C=O) groups is 1. The minimum Gasteiger partial charge on any atom is -0.471 e. The molecule has 0 bridgehead atoms. The Labute approximate surface area is 200 Å². The standard InChI is InChI=1S/C27H34FN3O3/c1-17(32)31-23(13-19-5-7-21(28)8-6-19)25(33)16-29-24-14-27(9-2-10-27)34-26-22(24)12-20(15-30-26)11-18-3-4-18/h5-8,12,15,18,23-25,29,33H,2-4,9-11,13-14,16H2,1H3,(H,31,32)/t23-,24-,25+/m0/s1. The molecule has 2 aromatic rings. The number of nitrogens with zero attached hydrogens (tertiary/aromatic N) is 1. The molecule has 2 fully saturated rings. The molecule has 5 rings (SSSR count). The number of hydrogen-bond acceptors (Lipinski definition) is 5. The van der Waals surface area contributed by atoms with Crippen molar-refractivity contribution in [3.8, 4) is 5.88 Å². The van der Waals surface area contributed by atoms with Gasteiger partial charge in [0, 0.05) is 37.7 Å². The summed E-state index contributed by atoms with van der Waals surface area (Å²) in [6.45, 7) is 1.76. The summed E-state index contributed by atoms with van der Waals surface area (Å²) in [5.41, 5.74) is 3.01. The van der Waals surface area contributed by atoms with Crippen molar-refractivity contribution in [2.45, 2.75) is 82.1 Å². The molecule has 1 amide bonds. The van der Waals surface area contributed by atoms with Crippen molar-refractivity contribution < 1.29 is 19.0 Å². The Balaban J connectivity index is 1.29. The number of amides is 1. The van der Waals surface area contributed by atoms with Gasteiger partial charge < -0.3 is 20.5 Å². The number of ether oxygens (including phenoxy) is 1. The molecule has 2 aliphatic carbocycles. The van der Waals surface area contributed by atoms with Crippen LogP contribution in [-0.4, -0.2) is 40.3 Å². The van der Waals surface area contributed by atoms with Crippen molar-refractivity contribution in [2.24, 2.45) is 5.92 Å². The average Bonchev–Trinajstić information content (AvgIpc) is 3.61. The third-order valence-electron chi connectivity index (χ3n) is 7.48. The van der Waals surface area contributed by atoms with Crippen LogP contribution in [0.15, 0.2) is 36.5 Å². The Morgan fingerprint density at radius 1 is 1.26 bits per heavy atom. The second-order valence-electron chi connectivity index (χ2n) is 10.4. The van der Waals surface area contributed by atoms with E-state index in [1.165, 1.54) is 37.5 Å². The Morgan fingerprint density at radius 2 is 2.03 bits per heavy atom. The molecule has 2 saturated carbocycles. The first-order chi connectivity index (χ1) is 16.4. The summed E-state index contributed by atoms with van der Waals surface area (Å²) < 4.78 is 19.7. The summed E-state index contributed by atoms with van der Waals surface area (Å²) in [5.74, 6) is 0.979. The summed E-state index contributed by atoms with van der Waals surface area (Å²) in [6, 6.07) is 7.95. The molecule has 6 nitrogen and oxygen atoms in total. The maximum absolute atomic E-state index is 13.3. The summed E-state index contributed by atoms with van der Waals surface area (Å²) >= 11 is 0. The fourth-order valence-electron chi connectivity index (χ4n) is 5.23. The van der Waals surface area contributed by atoms with Gasteiger partial charge in [-0.15, -0.1) is 0 Å². The lowest BCUT2D eigenvalue weighted by Gasteiger charge is -2.47. The highest BCUT2D eigenvalue weighted by molar-refractivity contribution is 5.73. The van der Waals surface area contributed by atoms with Gasteiger partial charge in [-0.1, -0.05) is 12.1 Å². The summed E-state index contributed by atoms with van der Waals surface area (Å²) in [5, 5.41) is 17.5. The van der Waals surface area contributed by atoms with Crippen LogP contribution < -0.4 is 15.4 Å². The zero-order valence-corrected chi connectivity index (χ0v) is 19.7. The van der Waals surface area contributed by atoms with E-state index < -0.39 is 12.1 Å². The van der Waals surface area contributed by atoms with Crippen LogP contribution in [0.4, 0.5) is 4.39 Å². The van der Waals surface area contributed by atoms with E-state index in [0.717, 1.165) is 49.1 Å². The summed E-state index contributed by atoms with van der Waals surface area (Å²) in [7, 11) is 0. The predicted octanol–water partition coefficient (Wildman–Crippen LogP) is 3.62. The molecule has 1 spiro atoms. The van der Waals surface area contributed by atoms with Crippen LogP contribution in [0.25, 0.3) is 0 Å². The Bertz CT molecular complexity index is 1020. The van der Waals surface area contributed by atoms with E-state index in [9.17, 15) is 14.3 Å². The maximum atomic E-state index is 13.3. The predicted molar refractivity (Wildman–Crippen MR) is 127 cm³/mol. The van der Waals surface area contributed by atoms with Gasteiger partial charge in [-0.3, -0.25) is 4.79 Å². The third kappa shape index (κ3) is 5.41. The van der Waals surface area contributed by atoms with Crippen molar-refractivity contribution >= 4 is 5.91 Å². The number of fused-ring (bicyclic) bond motifs is 1. The number of carbonyl (C=O) groups excluding carboxylic acids is 1. The Hall–Kier alpha value is -2.51. The van der Waals surface area contributed by atoms with E-state index in [1.54, 1.807) is 12.1 Å². The van der Waals surface area contributed by atoms with Gasteiger partial charge in [0.1, 0.15) is 11.4 Å². The number of benzene rings is 1. The number of nitrogens with one attached hydrogen (secondary N) is 2. The molecule has 7 heteroatoms. The van der Waals surface area contributed by atoms with E-state index in [2.05, 4.69) is 21.7 Å². The van der Waals surface area contributed by atoms with Gasteiger partial charge in [0.2, 0.25) is 11.8 Å². The van der Waals surface area contributed by atoms with Gasteiger partial charge in [0.15, 0.2) is 0 Å². The zero-order valence-electron chi connectivity index (χ0n) is 19.7. The van der Waals surface area contributed by atoms with Crippen LogP contribution in [0.1, 0.15) is 68.2 Å². The molecule has 0 unspecified atom stereocenters. The lowest BCUT2D eigenvalue weighted by molar-refractivity contribution is -0.120. The average molecular weight is 468 g/mol. The first-order valence-corrected chi connectivity index (χ1v) is 12.5. The van der Waals surface area contributed by atoms with Crippen molar-refractivity contribution in [3.63, 3.8) is 0 Å². The molecule has 0 saturated heterocycles. The highest BCUT2D eigenvalue weighted by Gasteiger charge is 2.46. The number of aliphatic hydroxyl groups excluding tert-OH is 1. The lowest BCUT2D eigenvalue weighted by Crippen LogP contribution is -2.52.